The van der Waals surface area contributed by atoms with Crippen molar-refractivity contribution in [2.75, 3.05) is 12.3 Å². The number of anilines is 1. The van der Waals surface area contributed by atoms with Crippen LogP contribution in [0.25, 0.3) is 16.9 Å². The zero-order valence-electron chi connectivity index (χ0n) is 17.7. The lowest BCUT2D eigenvalue weighted by Gasteiger charge is -2.42. The molecule has 0 amide bonds. The molecule has 3 aliphatic rings. The summed E-state index contributed by atoms with van der Waals surface area (Å²) >= 11 is 0. The second kappa shape index (κ2) is 6.58. The number of nitrogen functional groups attached to an aromatic ring is 1. The summed E-state index contributed by atoms with van der Waals surface area (Å²) in [4.78, 5) is 8.40. The van der Waals surface area contributed by atoms with Crippen LogP contribution < -0.4 is 10.5 Å². The average Bonchev–Trinajstić information content (AvgIpc) is 3.30. The van der Waals surface area contributed by atoms with Gasteiger partial charge < -0.3 is 10.5 Å². The summed E-state index contributed by atoms with van der Waals surface area (Å²) in [5.74, 6) is 0.595. The zero-order valence-corrected chi connectivity index (χ0v) is 18.5. The third-order valence-electron chi connectivity index (χ3n) is 6.01. The maximum Gasteiger partial charge on any atom is 0.241 e. The number of imidazole rings is 1. The summed E-state index contributed by atoms with van der Waals surface area (Å²) in [5, 5.41) is 2.62. The van der Waals surface area contributed by atoms with Crippen molar-refractivity contribution in [1.29, 1.82) is 0 Å². The summed E-state index contributed by atoms with van der Waals surface area (Å²) < 4.78 is 36.5. The topological polar surface area (TPSA) is 124 Å². The van der Waals surface area contributed by atoms with Gasteiger partial charge in [-0.15, -0.1) is 5.11 Å². The van der Waals surface area contributed by atoms with Crippen molar-refractivity contribution in [3.05, 3.63) is 35.8 Å². The van der Waals surface area contributed by atoms with Gasteiger partial charge in [0.05, 0.1) is 58.1 Å². The summed E-state index contributed by atoms with van der Waals surface area (Å²) in [6.07, 6.45) is 2.75. The number of fused-ring (bicyclic) bond motifs is 2. The fourth-order valence-electron chi connectivity index (χ4n) is 4.82. The fraction of sp³-hybridized carbons (Fsp3) is 0.421. The normalized spacial score (nSPS) is 25.2. The van der Waals surface area contributed by atoms with Crippen LogP contribution in [-0.2, 0) is 19.9 Å². The lowest BCUT2D eigenvalue weighted by molar-refractivity contribution is 0.0151. The van der Waals surface area contributed by atoms with E-state index < -0.39 is 20.7 Å². The Labute approximate surface area is 189 Å². The largest absolute Gasteiger partial charge is 0.380 e. The molecule has 6 rings (SSSR count). The van der Waals surface area contributed by atoms with Crippen molar-refractivity contribution in [3.8, 4) is 11.3 Å². The molecule has 0 spiro atoms. The number of rotatable bonds is 5. The van der Waals surface area contributed by atoms with E-state index in [4.69, 9.17) is 34.0 Å². The molecule has 13 heteroatoms. The van der Waals surface area contributed by atoms with Gasteiger partial charge in [0.2, 0.25) is 10.0 Å². The molecule has 1 aromatic carbocycles. The second-order valence-corrected chi connectivity index (χ2v) is 10.7. The van der Waals surface area contributed by atoms with Crippen LogP contribution in [0.1, 0.15) is 31.2 Å². The maximum absolute atomic E-state index is 13.2. The van der Waals surface area contributed by atoms with Crippen molar-refractivity contribution in [1.82, 2.24) is 24.3 Å². The van der Waals surface area contributed by atoms with E-state index in [0.29, 0.717) is 47.7 Å². The number of nitrogens with two attached hydrogens (primary N) is 1. The van der Waals surface area contributed by atoms with Gasteiger partial charge in [-0.3, -0.25) is 0 Å². The summed E-state index contributed by atoms with van der Waals surface area (Å²) in [6.45, 7) is 4.00. The molecule has 158 valence electrons. The number of ether oxygens (including phenoxy) is 1. The van der Waals surface area contributed by atoms with Gasteiger partial charge in [0.15, 0.2) is 11.5 Å². The summed E-state index contributed by atoms with van der Waals surface area (Å²) in [6, 6.07) is 4.37. The molecule has 0 atom stereocenters. The average molecular weight is 444 g/mol. The molecular weight excluding hydrogens is 425 g/mol. The molecule has 1 saturated carbocycles. The third kappa shape index (κ3) is 3.34. The minimum absolute atomic E-state index is 0.0316. The zero-order chi connectivity index (χ0) is 23.1. The molecule has 3 N–H and O–H groups in total. The van der Waals surface area contributed by atoms with Gasteiger partial charge in [-0.2, -0.15) is 5.10 Å². The Morgan fingerprint density at radius 3 is 2.62 bits per heavy atom. The first-order valence-electron chi connectivity index (χ1n) is 9.98. The summed E-state index contributed by atoms with van der Waals surface area (Å²) in [7, 11) is 14.1. The van der Waals surface area contributed by atoms with E-state index in [-0.39, 0.29) is 16.3 Å². The summed E-state index contributed by atoms with van der Waals surface area (Å²) in [5.41, 5.74) is 6.53. The van der Waals surface area contributed by atoms with Crippen molar-refractivity contribution >= 4 is 45.0 Å². The molecule has 3 aromatic rings. The monoisotopic (exact) mass is 444 g/mol. The van der Waals surface area contributed by atoms with Crippen LogP contribution in [0.5, 0.6) is 0 Å². The van der Waals surface area contributed by atoms with Crippen LogP contribution in [0.15, 0.2) is 29.3 Å². The van der Waals surface area contributed by atoms with Crippen LogP contribution in [-0.4, -0.2) is 69.3 Å². The molecular formula is C19H19B3N6O3S. The van der Waals surface area contributed by atoms with Crippen LogP contribution in [0, 0.1) is 6.92 Å². The first-order chi connectivity index (χ1) is 14.8. The van der Waals surface area contributed by atoms with Gasteiger partial charge >= 0.3 is 0 Å². The van der Waals surface area contributed by atoms with E-state index in [1.807, 2.05) is 6.92 Å². The lowest BCUT2D eigenvalue weighted by Crippen LogP contribution is -2.58. The van der Waals surface area contributed by atoms with Gasteiger partial charge in [0.1, 0.15) is 5.82 Å². The van der Waals surface area contributed by atoms with Crippen molar-refractivity contribution in [2.24, 2.45) is 0 Å². The molecule has 2 saturated heterocycles. The first-order valence-corrected chi connectivity index (χ1v) is 11.5. The molecule has 6 radical (unpaired) electrons. The van der Waals surface area contributed by atoms with Crippen LogP contribution in [0.2, 0.25) is 0 Å². The number of sulfonamides is 1. The molecule has 0 unspecified atom stereocenters. The number of benzene rings is 1. The Bertz CT molecular complexity index is 1360. The molecule has 9 nitrogen and oxygen atoms in total. The number of aromatic nitrogens is 4. The van der Waals surface area contributed by atoms with Gasteiger partial charge in [0.25, 0.3) is 0 Å². The van der Waals surface area contributed by atoms with Crippen LogP contribution in [0.4, 0.5) is 5.82 Å². The van der Waals surface area contributed by atoms with Crippen molar-refractivity contribution in [2.45, 2.75) is 47.8 Å². The number of hydrogen-bond donors (Lipinski definition) is 2. The number of hydrogen-bond acceptors (Lipinski definition) is 7. The molecule has 2 aliphatic heterocycles. The highest BCUT2D eigenvalue weighted by molar-refractivity contribution is 7.89. The predicted octanol–water partition coefficient (Wildman–Crippen LogP) is -0.102. The van der Waals surface area contributed by atoms with Gasteiger partial charge in [-0.25, -0.2) is 27.6 Å². The highest BCUT2D eigenvalue weighted by Crippen LogP contribution is 2.51. The Morgan fingerprint density at radius 2 is 2.00 bits per heavy atom. The first kappa shape index (κ1) is 21.5. The molecule has 2 bridgehead atoms. The molecule has 3 fully saturated rings. The van der Waals surface area contributed by atoms with Crippen LogP contribution in [0.3, 0.4) is 0 Å². The second-order valence-electron chi connectivity index (χ2n) is 9.04. The van der Waals surface area contributed by atoms with E-state index in [1.54, 1.807) is 6.92 Å². The molecule has 32 heavy (non-hydrogen) atoms. The standard InChI is InChI=1S/C19H19B3N6O3S/c1-10-25-15(23)16-24-6-14(28(16)26-10)12-5-11(3-4-13(12)19(20,21)22)32(29,30)27-18-7-17(2,8-18)31-9-18/h3-6,27H,7-9H2,1-2H3,(H2,23,25,26). The number of nitrogens with zero attached hydrogens (tertiary/aromatic N) is 4. The smallest absolute Gasteiger partial charge is 0.241 e. The predicted molar refractivity (Wildman–Crippen MR) is 121 cm³/mol. The maximum atomic E-state index is 13.2. The minimum Gasteiger partial charge on any atom is -0.380 e. The van der Waals surface area contributed by atoms with E-state index in [9.17, 15) is 8.42 Å². The van der Waals surface area contributed by atoms with Crippen molar-refractivity contribution < 1.29 is 13.2 Å². The fourth-order valence-corrected chi connectivity index (χ4v) is 6.23. The van der Waals surface area contributed by atoms with Crippen LogP contribution >= 0.6 is 0 Å². The molecule has 4 heterocycles. The molecule has 1 aliphatic carbocycles. The van der Waals surface area contributed by atoms with Gasteiger partial charge in [0, 0.05) is 5.56 Å². The highest BCUT2D eigenvalue weighted by atomic mass is 32.2. The minimum atomic E-state index is -3.88. The Balaban J connectivity index is 1.64. The SMILES string of the molecule is [B]C([B])([B])c1ccc(S(=O)(=O)NC23COC(C)(C2)C3)cc1-c1cnc2c(N)nc(C)nn12. The van der Waals surface area contributed by atoms with E-state index >= 15 is 0 Å². The Kier molecular flexibility index (Phi) is 4.42. The number of nitrogens with one attached hydrogen (secondary N) is 1. The highest BCUT2D eigenvalue weighted by Gasteiger charge is 2.61. The van der Waals surface area contributed by atoms with E-state index in [1.165, 1.54) is 28.9 Å². The van der Waals surface area contributed by atoms with E-state index in [2.05, 4.69) is 19.8 Å². The Hall–Kier alpha value is -2.37. The molecule has 2 aromatic heterocycles. The lowest BCUT2D eigenvalue weighted by atomic mass is 9.39. The van der Waals surface area contributed by atoms with Crippen molar-refractivity contribution in [3.63, 3.8) is 0 Å². The van der Waals surface area contributed by atoms with Gasteiger partial charge in [-0.05, 0) is 38.8 Å². The third-order valence-corrected chi connectivity index (χ3v) is 7.59. The number of aryl methyl sites for hydroxylation is 1. The van der Waals surface area contributed by atoms with Gasteiger partial charge in [-0.1, -0.05) is 11.6 Å². The quantitative estimate of drug-likeness (QED) is 0.527. The van der Waals surface area contributed by atoms with E-state index in [0.717, 1.165) is 0 Å². The Morgan fingerprint density at radius 1 is 1.28 bits per heavy atom.